The molecule has 0 radical (unpaired) electrons. The maximum Gasteiger partial charge on any atom is 0.244 e. The second kappa shape index (κ2) is 6.87. The molecule has 2 rings (SSSR count). The van der Waals surface area contributed by atoms with Gasteiger partial charge in [-0.15, -0.1) is 11.6 Å². The third-order valence-electron chi connectivity index (χ3n) is 3.36. The number of methoxy groups -OCH3 is 1. The number of benzene rings is 1. The zero-order chi connectivity index (χ0) is 18.1. The third-order valence-corrected chi connectivity index (χ3v) is 7.25. The molecule has 0 bridgehead atoms. The molecule has 1 aliphatic heterocycles. The van der Waals surface area contributed by atoms with Crippen LogP contribution in [-0.2, 0) is 24.7 Å². The van der Waals surface area contributed by atoms with Crippen molar-refractivity contribution in [1.82, 2.24) is 4.72 Å². The van der Waals surface area contributed by atoms with Crippen LogP contribution in [0.4, 0.5) is 5.69 Å². The summed E-state index contributed by atoms with van der Waals surface area (Å²) >= 11 is 5.94. The first-order chi connectivity index (χ1) is 11.0. The number of anilines is 1. The number of rotatable bonds is 5. The van der Waals surface area contributed by atoms with E-state index in [0.717, 1.165) is 0 Å². The SMILES string of the molecule is COc1ccc(NC(C)=O)cc1S(=O)(=O)N[C@@H]1CS(=O)(=O)C[C@@H]1Cl. The van der Waals surface area contributed by atoms with Gasteiger partial charge in [0.05, 0.1) is 30.0 Å². The molecular formula is C13H17ClN2O6S2. The Morgan fingerprint density at radius 3 is 2.50 bits per heavy atom. The third kappa shape index (κ3) is 4.38. The van der Waals surface area contributed by atoms with Gasteiger partial charge in [0.2, 0.25) is 15.9 Å². The van der Waals surface area contributed by atoms with Gasteiger partial charge in [-0.25, -0.2) is 21.6 Å². The number of nitrogens with one attached hydrogen (secondary N) is 2. The fourth-order valence-corrected chi connectivity index (χ4v) is 6.54. The lowest BCUT2D eigenvalue weighted by atomic mass is 10.3. The largest absolute Gasteiger partial charge is 0.495 e. The van der Waals surface area contributed by atoms with E-state index < -0.39 is 31.3 Å². The fourth-order valence-electron chi connectivity index (χ4n) is 2.34. The first kappa shape index (κ1) is 19.0. The Balaban J connectivity index is 2.36. The molecule has 0 spiro atoms. The van der Waals surface area contributed by atoms with E-state index in [9.17, 15) is 21.6 Å². The summed E-state index contributed by atoms with van der Waals surface area (Å²) in [6.07, 6.45) is 0. The van der Waals surface area contributed by atoms with Gasteiger partial charge in [-0.2, -0.15) is 0 Å². The number of halogens is 1. The standard InChI is InChI=1S/C13H17ClN2O6S2/c1-8(17)15-9-3-4-12(22-2)13(5-9)24(20,21)16-11-7-23(18,19)6-10(11)14/h3-5,10-11,16H,6-7H2,1-2H3,(H,15,17)/t10-,11+/m0/s1. The fraction of sp³-hybridized carbons (Fsp3) is 0.462. The molecule has 0 aromatic heterocycles. The Morgan fingerprint density at radius 2 is 2.00 bits per heavy atom. The lowest BCUT2D eigenvalue weighted by molar-refractivity contribution is -0.114. The highest BCUT2D eigenvalue weighted by Crippen LogP contribution is 2.28. The van der Waals surface area contributed by atoms with Crippen molar-refractivity contribution >= 4 is 43.1 Å². The van der Waals surface area contributed by atoms with E-state index in [4.69, 9.17) is 16.3 Å². The molecule has 0 aliphatic carbocycles. The summed E-state index contributed by atoms with van der Waals surface area (Å²) in [5.41, 5.74) is 0.269. The molecule has 2 N–H and O–H groups in total. The Bertz CT molecular complexity index is 853. The summed E-state index contributed by atoms with van der Waals surface area (Å²) in [5, 5.41) is 1.62. The number of hydrogen-bond acceptors (Lipinski definition) is 6. The van der Waals surface area contributed by atoms with Crippen molar-refractivity contribution in [2.75, 3.05) is 23.9 Å². The molecular weight excluding hydrogens is 380 g/mol. The predicted octanol–water partition coefficient (Wildman–Crippen LogP) is 0.336. The first-order valence-corrected chi connectivity index (χ1v) is 10.6. The summed E-state index contributed by atoms with van der Waals surface area (Å²) < 4.78 is 55.7. The highest BCUT2D eigenvalue weighted by molar-refractivity contribution is 7.92. The zero-order valence-corrected chi connectivity index (χ0v) is 15.3. The number of amides is 1. The van der Waals surface area contributed by atoms with Gasteiger partial charge < -0.3 is 10.1 Å². The smallest absolute Gasteiger partial charge is 0.244 e. The number of sulfone groups is 1. The van der Waals surface area contributed by atoms with Crippen molar-refractivity contribution in [3.63, 3.8) is 0 Å². The molecule has 0 unspecified atom stereocenters. The van der Waals surface area contributed by atoms with Crippen molar-refractivity contribution in [2.24, 2.45) is 0 Å². The molecule has 1 amide bonds. The Labute approximate surface area is 145 Å². The number of sulfonamides is 1. The van der Waals surface area contributed by atoms with E-state index in [-0.39, 0.29) is 33.7 Å². The van der Waals surface area contributed by atoms with Gasteiger partial charge in [0.1, 0.15) is 10.6 Å². The van der Waals surface area contributed by atoms with Crippen LogP contribution >= 0.6 is 11.6 Å². The molecule has 1 saturated heterocycles. The molecule has 1 heterocycles. The normalized spacial score (nSPS) is 23.0. The topological polar surface area (TPSA) is 119 Å². The average Bonchev–Trinajstić information content (AvgIpc) is 2.69. The molecule has 1 aliphatic rings. The van der Waals surface area contributed by atoms with Crippen LogP contribution in [0.3, 0.4) is 0 Å². The first-order valence-electron chi connectivity index (χ1n) is 6.86. The van der Waals surface area contributed by atoms with Gasteiger partial charge in [0.25, 0.3) is 0 Å². The minimum absolute atomic E-state index is 0.0589. The summed E-state index contributed by atoms with van der Waals surface area (Å²) in [4.78, 5) is 10.9. The van der Waals surface area contributed by atoms with Gasteiger partial charge in [-0.3, -0.25) is 4.79 Å². The maximum atomic E-state index is 12.6. The highest BCUT2D eigenvalue weighted by atomic mass is 35.5. The number of carbonyl (C=O) groups excluding carboxylic acids is 1. The zero-order valence-electron chi connectivity index (χ0n) is 12.9. The van der Waals surface area contributed by atoms with Crippen LogP contribution in [0.5, 0.6) is 5.75 Å². The molecule has 11 heteroatoms. The number of carbonyl (C=O) groups is 1. The number of ether oxygens (including phenoxy) is 1. The highest BCUT2D eigenvalue weighted by Gasteiger charge is 2.39. The molecule has 1 aromatic carbocycles. The summed E-state index contributed by atoms with van der Waals surface area (Å²) in [7, 11) is -6.19. The van der Waals surface area contributed by atoms with Crippen molar-refractivity contribution in [3.8, 4) is 5.75 Å². The second-order valence-electron chi connectivity index (χ2n) is 5.37. The lowest BCUT2D eigenvalue weighted by Crippen LogP contribution is -2.40. The number of alkyl halides is 1. The Morgan fingerprint density at radius 1 is 1.33 bits per heavy atom. The molecule has 2 atom stereocenters. The van der Waals surface area contributed by atoms with Crippen molar-refractivity contribution in [1.29, 1.82) is 0 Å². The summed E-state index contributed by atoms with van der Waals surface area (Å²) in [6.45, 7) is 1.29. The van der Waals surface area contributed by atoms with Gasteiger partial charge in [-0.05, 0) is 18.2 Å². The molecule has 1 fully saturated rings. The van der Waals surface area contributed by atoms with Crippen molar-refractivity contribution in [3.05, 3.63) is 18.2 Å². The molecule has 0 saturated carbocycles. The Kier molecular flexibility index (Phi) is 5.43. The maximum absolute atomic E-state index is 12.6. The minimum atomic E-state index is -4.10. The van der Waals surface area contributed by atoms with E-state index in [0.29, 0.717) is 0 Å². The minimum Gasteiger partial charge on any atom is -0.495 e. The van der Waals surface area contributed by atoms with E-state index in [1.807, 2.05) is 0 Å². The van der Waals surface area contributed by atoms with Crippen LogP contribution in [-0.4, -0.2) is 52.8 Å². The second-order valence-corrected chi connectivity index (χ2v) is 9.76. The molecule has 134 valence electrons. The van der Waals surface area contributed by atoms with Gasteiger partial charge in [0.15, 0.2) is 9.84 Å². The van der Waals surface area contributed by atoms with Gasteiger partial charge >= 0.3 is 0 Å². The van der Waals surface area contributed by atoms with Crippen molar-refractivity contribution in [2.45, 2.75) is 23.2 Å². The average molecular weight is 397 g/mol. The van der Waals surface area contributed by atoms with E-state index in [2.05, 4.69) is 10.0 Å². The number of hydrogen-bond donors (Lipinski definition) is 2. The lowest BCUT2D eigenvalue weighted by Gasteiger charge is -2.17. The molecule has 8 nitrogen and oxygen atoms in total. The predicted molar refractivity (Wildman–Crippen MR) is 89.7 cm³/mol. The van der Waals surface area contributed by atoms with Gasteiger partial charge in [-0.1, -0.05) is 0 Å². The monoisotopic (exact) mass is 396 g/mol. The summed E-state index contributed by atoms with van der Waals surface area (Å²) in [5.74, 6) is -0.957. The van der Waals surface area contributed by atoms with Crippen LogP contribution in [0.1, 0.15) is 6.92 Å². The van der Waals surface area contributed by atoms with E-state index in [1.165, 1.54) is 32.2 Å². The van der Waals surface area contributed by atoms with E-state index >= 15 is 0 Å². The van der Waals surface area contributed by atoms with Crippen LogP contribution in [0.25, 0.3) is 0 Å². The van der Waals surface area contributed by atoms with Crippen LogP contribution in [0, 0.1) is 0 Å². The Hall–Kier alpha value is -1.36. The quantitative estimate of drug-likeness (QED) is 0.692. The van der Waals surface area contributed by atoms with Crippen molar-refractivity contribution < 1.29 is 26.4 Å². The molecule has 1 aromatic rings. The van der Waals surface area contributed by atoms with Crippen LogP contribution in [0.2, 0.25) is 0 Å². The van der Waals surface area contributed by atoms with Crippen LogP contribution in [0.15, 0.2) is 23.1 Å². The summed E-state index contributed by atoms with van der Waals surface area (Å²) in [6, 6.07) is 3.18. The van der Waals surface area contributed by atoms with Crippen LogP contribution < -0.4 is 14.8 Å². The van der Waals surface area contributed by atoms with Gasteiger partial charge in [0, 0.05) is 12.6 Å². The van der Waals surface area contributed by atoms with E-state index in [1.54, 1.807) is 0 Å². The molecule has 24 heavy (non-hydrogen) atoms.